The van der Waals surface area contributed by atoms with Crippen LogP contribution in [-0.2, 0) is 0 Å². The molecule has 3 aromatic carbocycles. The summed E-state index contributed by atoms with van der Waals surface area (Å²) in [6.07, 6.45) is 0.318. The maximum atomic E-state index is 6.36. The van der Waals surface area contributed by atoms with Gasteiger partial charge >= 0.3 is 0 Å². The molecule has 0 saturated carbocycles. The molecule has 0 N–H and O–H groups in total. The Kier molecular flexibility index (Phi) is 5.16. The Morgan fingerprint density at radius 2 is 1.74 bits per heavy atom. The molecule has 0 saturated heterocycles. The Hall–Kier alpha value is -2.89. The van der Waals surface area contributed by atoms with Gasteiger partial charge in [-0.3, -0.25) is 0 Å². The van der Waals surface area contributed by atoms with Crippen molar-refractivity contribution in [3.63, 3.8) is 0 Å². The van der Waals surface area contributed by atoms with Gasteiger partial charge < -0.3 is 14.2 Å². The Balaban J connectivity index is 1.59. The van der Waals surface area contributed by atoms with E-state index in [0.29, 0.717) is 28.0 Å². The third-order valence-electron chi connectivity index (χ3n) is 5.60. The van der Waals surface area contributed by atoms with Crippen LogP contribution in [0.2, 0.25) is 10.0 Å². The Bertz CT molecular complexity index is 1180. The van der Waals surface area contributed by atoms with Crippen molar-refractivity contribution in [2.24, 2.45) is 5.10 Å². The first-order chi connectivity index (χ1) is 15.1. The van der Waals surface area contributed by atoms with Gasteiger partial charge in [0, 0.05) is 33.2 Å². The largest absolute Gasteiger partial charge is 0.493 e. The summed E-state index contributed by atoms with van der Waals surface area (Å²) < 4.78 is 17.2. The zero-order valence-electron chi connectivity index (χ0n) is 17.0. The predicted octanol–water partition coefficient (Wildman–Crippen LogP) is 6.25. The van der Waals surface area contributed by atoms with Gasteiger partial charge in [0.05, 0.1) is 26.0 Å². The minimum absolute atomic E-state index is 0.00507. The van der Waals surface area contributed by atoms with Crippen molar-refractivity contribution in [3.8, 4) is 17.2 Å². The highest BCUT2D eigenvalue weighted by atomic mass is 35.5. The number of halogens is 2. The fourth-order valence-electron chi connectivity index (χ4n) is 4.13. The van der Waals surface area contributed by atoms with Crippen LogP contribution in [0.1, 0.15) is 35.4 Å². The van der Waals surface area contributed by atoms with Crippen LogP contribution >= 0.6 is 23.2 Å². The summed E-state index contributed by atoms with van der Waals surface area (Å²) in [6, 6.07) is 19.2. The number of benzene rings is 3. The molecule has 0 aromatic heterocycles. The van der Waals surface area contributed by atoms with Crippen molar-refractivity contribution >= 4 is 28.9 Å². The SMILES string of the molecule is COc1ccc(C2=NN3[C@@H](C2)c2cc(Cl)ccc2O[C@H]3c2cccc(Cl)c2)cc1OC. The second-order valence-electron chi connectivity index (χ2n) is 7.42. The summed E-state index contributed by atoms with van der Waals surface area (Å²) in [4.78, 5) is 0. The molecule has 2 heterocycles. The van der Waals surface area contributed by atoms with Crippen LogP contribution in [0.25, 0.3) is 0 Å². The van der Waals surface area contributed by atoms with E-state index in [2.05, 4.69) is 0 Å². The first kappa shape index (κ1) is 20.0. The smallest absolute Gasteiger partial charge is 0.213 e. The molecule has 31 heavy (non-hydrogen) atoms. The van der Waals surface area contributed by atoms with Crippen LogP contribution in [0.5, 0.6) is 17.2 Å². The zero-order valence-corrected chi connectivity index (χ0v) is 18.5. The second-order valence-corrected chi connectivity index (χ2v) is 8.30. The maximum absolute atomic E-state index is 6.36. The van der Waals surface area contributed by atoms with Crippen molar-refractivity contribution in [2.45, 2.75) is 18.7 Å². The molecule has 5 rings (SSSR count). The van der Waals surface area contributed by atoms with E-state index in [1.54, 1.807) is 14.2 Å². The van der Waals surface area contributed by atoms with Gasteiger partial charge in [0.2, 0.25) is 6.23 Å². The number of hydrogen-bond acceptors (Lipinski definition) is 5. The summed E-state index contributed by atoms with van der Waals surface area (Å²) in [5.74, 6) is 2.15. The number of ether oxygens (including phenoxy) is 3. The molecule has 3 aromatic rings. The van der Waals surface area contributed by atoms with Gasteiger partial charge in [-0.25, -0.2) is 5.01 Å². The maximum Gasteiger partial charge on any atom is 0.213 e. The van der Waals surface area contributed by atoms with E-state index in [9.17, 15) is 0 Å². The molecule has 2 aliphatic rings. The topological polar surface area (TPSA) is 43.3 Å². The molecule has 0 aliphatic carbocycles. The predicted molar refractivity (Wildman–Crippen MR) is 122 cm³/mol. The van der Waals surface area contributed by atoms with Crippen molar-refractivity contribution < 1.29 is 14.2 Å². The highest BCUT2D eigenvalue weighted by Crippen LogP contribution is 2.48. The van der Waals surface area contributed by atoms with Crippen molar-refractivity contribution in [2.75, 3.05) is 14.2 Å². The van der Waals surface area contributed by atoms with E-state index < -0.39 is 6.23 Å². The molecule has 158 valence electrons. The van der Waals surface area contributed by atoms with E-state index in [4.69, 9.17) is 42.5 Å². The second kappa shape index (κ2) is 7.98. The summed E-state index contributed by atoms with van der Waals surface area (Å²) in [6.45, 7) is 0. The van der Waals surface area contributed by atoms with E-state index in [1.807, 2.05) is 65.7 Å². The summed E-state index contributed by atoms with van der Waals surface area (Å²) in [5, 5.41) is 8.29. The van der Waals surface area contributed by atoms with Gasteiger partial charge in [-0.1, -0.05) is 35.3 Å². The fraction of sp³-hybridized carbons (Fsp3) is 0.208. The van der Waals surface area contributed by atoms with E-state index in [-0.39, 0.29) is 6.04 Å². The monoisotopic (exact) mass is 454 g/mol. The van der Waals surface area contributed by atoms with Crippen LogP contribution < -0.4 is 14.2 Å². The van der Waals surface area contributed by atoms with Gasteiger partial charge in [0.1, 0.15) is 5.75 Å². The third-order valence-corrected chi connectivity index (χ3v) is 6.07. The third kappa shape index (κ3) is 3.58. The van der Waals surface area contributed by atoms with Crippen molar-refractivity contribution in [1.82, 2.24) is 5.01 Å². The van der Waals surface area contributed by atoms with Crippen LogP contribution in [-0.4, -0.2) is 24.9 Å². The normalized spacial score (nSPS) is 19.2. The average Bonchev–Trinajstić information content (AvgIpc) is 3.24. The highest BCUT2D eigenvalue weighted by Gasteiger charge is 2.41. The number of hydrogen-bond donors (Lipinski definition) is 0. The quantitative estimate of drug-likeness (QED) is 0.466. The number of methoxy groups -OCH3 is 2. The van der Waals surface area contributed by atoms with E-state index >= 15 is 0 Å². The molecule has 0 fully saturated rings. The molecule has 0 amide bonds. The minimum Gasteiger partial charge on any atom is -0.493 e. The molecule has 2 aliphatic heterocycles. The molecule has 5 nitrogen and oxygen atoms in total. The van der Waals surface area contributed by atoms with Crippen molar-refractivity contribution in [3.05, 3.63) is 87.4 Å². The number of fused-ring (bicyclic) bond motifs is 3. The summed E-state index contributed by atoms with van der Waals surface area (Å²) in [5.41, 5.74) is 3.87. The molecular weight excluding hydrogens is 435 g/mol. The van der Waals surface area contributed by atoms with Gasteiger partial charge in [-0.05, 0) is 48.5 Å². The lowest BCUT2D eigenvalue weighted by Gasteiger charge is -2.38. The lowest BCUT2D eigenvalue weighted by Crippen LogP contribution is -2.33. The molecule has 0 radical (unpaired) electrons. The first-order valence-electron chi connectivity index (χ1n) is 9.87. The minimum atomic E-state index is -0.394. The number of hydrazone groups is 1. The number of nitrogens with zero attached hydrogens (tertiary/aromatic N) is 2. The zero-order chi connectivity index (χ0) is 21.5. The van der Waals surface area contributed by atoms with E-state index in [0.717, 1.165) is 28.2 Å². The molecule has 2 atom stereocenters. The first-order valence-corrected chi connectivity index (χ1v) is 10.6. The molecule has 0 spiro atoms. The van der Waals surface area contributed by atoms with Crippen LogP contribution in [0.15, 0.2) is 65.8 Å². The molecule has 7 heteroatoms. The molecule has 0 unspecified atom stereocenters. The highest BCUT2D eigenvalue weighted by molar-refractivity contribution is 6.31. The van der Waals surface area contributed by atoms with E-state index in [1.165, 1.54) is 0 Å². The van der Waals surface area contributed by atoms with Crippen LogP contribution in [0.3, 0.4) is 0 Å². The lowest BCUT2D eigenvalue weighted by atomic mass is 9.95. The van der Waals surface area contributed by atoms with Crippen LogP contribution in [0, 0.1) is 0 Å². The van der Waals surface area contributed by atoms with Gasteiger partial charge in [-0.2, -0.15) is 5.10 Å². The molecular formula is C24H20Cl2N2O3. The number of rotatable bonds is 4. The standard InChI is InChI=1S/C24H20Cl2N2O3/c1-29-22-8-6-14(11-23(22)30-2)19-13-20-18-12-17(26)7-9-21(18)31-24(28(20)27-19)15-4-3-5-16(25)10-15/h3-12,20,24H,13H2,1-2H3/t20-,24-/m0/s1. The molecule has 0 bridgehead atoms. The Labute approximate surface area is 190 Å². The van der Waals surface area contributed by atoms with Gasteiger partial charge in [0.15, 0.2) is 11.5 Å². The van der Waals surface area contributed by atoms with Crippen molar-refractivity contribution in [1.29, 1.82) is 0 Å². The summed E-state index contributed by atoms with van der Waals surface area (Å²) in [7, 11) is 3.25. The Morgan fingerprint density at radius 1 is 0.935 bits per heavy atom. The van der Waals surface area contributed by atoms with Gasteiger partial charge in [-0.15, -0.1) is 0 Å². The summed E-state index contributed by atoms with van der Waals surface area (Å²) >= 11 is 12.6. The lowest BCUT2D eigenvalue weighted by molar-refractivity contribution is -0.0190. The average molecular weight is 455 g/mol. The van der Waals surface area contributed by atoms with Gasteiger partial charge in [0.25, 0.3) is 0 Å². The Morgan fingerprint density at radius 3 is 2.52 bits per heavy atom. The van der Waals surface area contributed by atoms with Crippen LogP contribution in [0.4, 0.5) is 0 Å². The fourth-order valence-corrected chi connectivity index (χ4v) is 4.51.